The molecule has 122 valence electrons. The van der Waals surface area contributed by atoms with Crippen molar-refractivity contribution in [1.29, 1.82) is 0 Å². The van der Waals surface area contributed by atoms with Crippen LogP contribution in [0.1, 0.15) is 32.1 Å². The Hall–Kier alpha value is -0.630. The van der Waals surface area contributed by atoms with Crippen LogP contribution in [-0.2, 0) is 14.8 Å². The Morgan fingerprint density at radius 2 is 2.05 bits per heavy atom. The second-order valence-corrected chi connectivity index (χ2v) is 8.72. The zero-order valence-corrected chi connectivity index (χ0v) is 14.2. The number of sulfonamides is 1. The minimum atomic E-state index is -3.37. The van der Waals surface area contributed by atoms with Crippen molar-refractivity contribution in [1.82, 2.24) is 9.29 Å². The van der Waals surface area contributed by atoms with Crippen molar-refractivity contribution in [2.24, 2.45) is 0 Å². The zero-order chi connectivity index (χ0) is 15.4. The highest BCUT2D eigenvalue weighted by Crippen LogP contribution is 2.24. The van der Waals surface area contributed by atoms with E-state index in [0.29, 0.717) is 24.1 Å². The molecule has 0 bridgehead atoms. The first-order valence-electron chi connectivity index (χ1n) is 7.87. The largest absolute Gasteiger partial charge is 0.377 e. The van der Waals surface area contributed by atoms with Crippen LogP contribution in [0.15, 0.2) is 28.3 Å². The Morgan fingerprint density at radius 1 is 1.23 bits per heavy atom. The van der Waals surface area contributed by atoms with Crippen molar-refractivity contribution >= 4 is 21.8 Å². The molecular weight excluding hydrogens is 320 g/mol. The first kappa shape index (κ1) is 16.2. The van der Waals surface area contributed by atoms with Gasteiger partial charge in [0, 0.05) is 31.6 Å². The zero-order valence-electron chi connectivity index (χ0n) is 12.6. The van der Waals surface area contributed by atoms with Crippen molar-refractivity contribution in [3.05, 3.63) is 18.3 Å². The molecule has 0 spiro atoms. The summed E-state index contributed by atoms with van der Waals surface area (Å²) in [5, 5.41) is 0.855. The van der Waals surface area contributed by atoms with E-state index in [1.165, 1.54) is 6.20 Å². The van der Waals surface area contributed by atoms with Gasteiger partial charge in [-0.05, 0) is 37.8 Å². The molecule has 2 saturated heterocycles. The lowest BCUT2D eigenvalue weighted by Gasteiger charge is -2.25. The number of hydrogen-bond donors (Lipinski definition) is 0. The third-order valence-corrected chi connectivity index (χ3v) is 7.06. The average molecular weight is 342 g/mol. The quantitative estimate of drug-likeness (QED) is 0.770. The number of nitrogens with zero attached hydrogens (tertiary/aromatic N) is 2. The van der Waals surface area contributed by atoms with Gasteiger partial charge in [0.15, 0.2) is 0 Å². The van der Waals surface area contributed by atoms with Crippen LogP contribution >= 0.6 is 11.8 Å². The molecule has 1 unspecified atom stereocenters. The van der Waals surface area contributed by atoms with E-state index in [1.807, 2.05) is 0 Å². The third kappa shape index (κ3) is 3.82. The van der Waals surface area contributed by atoms with E-state index in [1.54, 1.807) is 28.2 Å². The summed E-state index contributed by atoms with van der Waals surface area (Å²) in [5.41, 5.74) is 0. The van der Waals surface area contributed by atoms with Gasteiger partial charge in [-0.3, -0.25) is 0 Å². The maximum Gasteiger partial charge on any atom is 0.244 e. The summed E-state index contributed by atoms with van der Waals surface area (Å²) in [4.78, 5) is 4.60. The van der Waals surface area contributed by atoms with E-state index in [2.05, 4.69) is 4.98 Å². The molecule has 7 heteroatoms. The second kappa shape index (κ2) is 7.29. The number of thioether (sulfide) groups is 1. The molecule has 0 aromatic carbocycles. The van der Waals surface area contributed by atoms with E-state index in [-0.39, 0.29) is 0 Å². The molecule has 2 fully saturated rings. The highest BCUT2D eigenvalue weighted by molar-refractivity contribution is 7.99. The first-order valence-corrected chi connectivity index (χ1v) is 10.3. The fourth-order valence-corrected chi connectivity index (χ4v) is 5.19. The van der Waals surface area contributed by atoms with Gasteiger partial charge < -0.3 is 4.74 Å². The van der Waals surface area contributed by atoms with Crippen LogP contribution in [0.4, 0.5) is 0 Å². The number of aromatic nitrogens is 1. The van der Waals surface area contributed by atoms with Crippen LogP contribution in [0.2, 0.25) is 0 Å². The third-order valence-electron chi connectivity index (χ3n) is 4.10. The lowest BCUT2D eigenvalue weighted by molar-refractivity contribution is 0.129. The Bertz CT molecular complexity index is 577. The standard InChI is InChI=1S/C15H22N2O3S2/c18-22(19,17-8-2-1-3-9-17)14-6-7-15(16-11-14)21-12-13-5-4-10-20-13/h6-7,11,13H,1-5,8-10,12H2. The Balaban J connectivity index is 1.62. The summed E-state index contributed by atoms with van der Waals surface area (Å²) in [7, 11) is -3.37. The molecule has 2 aliphatic rings. The molecule has 0 radical (unpaired) electrons. The first-order chi connectivity index (χ1) is 10.7. The van der Waals surface area contributed by atoms with E-state index >= 15 is 0 Å². The van der Waals surface area contributed by atoms with Crippen molar-refractivity contribution in [3.63, 3.8) is 0 Å². The van der Waals surface area contributed by atoms with Gasteiger partial charge in [0.2, 0.25) is 10.0 Å². The average Bonchev–Trinajstić information content (AvgIpc) is 3.08. The molecule has 1 atom stereocenters. The predicted molar refractivity (Wildman–Crippen MR) is 86.5 cm³/mol. The van der Waals surface area contributed by atoms with Crippen LogP contribution < -0.4 is 0 Å². The number of hydrogen-bond acceptors (Lipinski definition) is 5. The summed E-state index contributed by atoms with van der Waals surface area (Å²) >= 11 is 1.63. The van der Waals surface area contributed by atoms with Crippen LogP contribution in [0, 0.1) is 0 Å². The van der Waals surface area contributed by atoms with Crippen molar-refractivity contribution in [3.8, 4) is 0 Å². The maximum absolute atomic E-state index is 12.5. The summed E-state index contributed by atoms with van der Waals surface area (Å²) in [6.45, 7) is 2.10. The minimum absolute atomic E-state index is 0.302. The molecule has 0 amide bonds. The summed E-state index contributed by atoms with van der Waals surface area (Å²) in [5.74, 6) is 0.880. The topological polar surface area (TPSA) is 59.5 Å². The molecular formula is C15H22N2O3S2. The summed E-state index contributed by atoms with van der Waals surface area (Å²) in [6, 6.07) is 3.48. The van der Waals surface area contributed by atoms with E-state index in [0.717, 1.165) is 49.5 Å². The molecule has 2 aliphatic heterocycles. The van der Waals surface area contributed by atoms with E-state index in [4.69, 9.17) is 4.74 Å². The van der Waals surface area contributed by atoms with Crippen molar-refractivity contribution in [2.75, 3.05) is 25.4 Å². The normalized spacial score (nSPS) is 23.7. The maximum atomic E-state index is 12.5. The summed E-state index contributed by atoms with van der Waals surface area (Å²) in [6.07, 6.45) is 7.04. The van der Waals surface area contributed by atoms with Gasteiger partial charge >= 0.3 is 0 Å². The lowest BCUT2D eigenvalue weighted by atomic mass is 10.2. The lowest BCUT2D eigenvalue weighted by Crippen LogP contribution is -2.35. The van der Waals surface area contributed by atoms with E-state index in [9.17, 15) is 8.42 Å². The Kier molecular flexibility index (Phi) is 5.38. The number of piperidine rings is 1. The fourth-order valence-electron chi connectivity index (χ4n) is 2.81. The van der Waals surface area contributed by atoms with Gasteiger partial charge in [-0.2, -0.15) is 4.31 Å². The molecule has 3 heterocycles. The highest BCUT2D eigenvalue weighted by Gasteiger charge is 2.26. The van der Waals surface area contributed by atoms with Crippen LogP contribution in [-0.4, -0.2) is 49.3 Å². The smallest absolute Gasteiger partial charge is 0.244 e. The van der Waals surface area contributed by atoms with Crippen molar-refractivity contribution in [2.45, 2.75) is 48.1 Å². The SMILES string of the molecule is O=S(=O)(c1ccc(SCC2CCCO2)nc1)N1CCCCC1. The van der Waals surface area contributed by atoms with Gasteiger partial charge in [-0.1, -0.05) is 6.42 Å². The number of rotatable bonds is 5. The molecule has 0 N–H and O–H groups in total. The molecule has 22 heavy (non-hydrogen) atoms. The second-order valence-electron chi connectivity index (χ2n) is 5.74. The number of pyridine rings is 1. The van der Waals surface area contributed by atoms with Gasteiger partial charge in [-0.15, -0.1) is 11.8 Å². The fraction of sp³-hybridized carbons (Fsp3) is 0.667. The van der Waals surface area contributed by atoms with Crippen LogP contribution in [0.5, 0.6) is 0 Å². The minimum Gasteiger partial charge on any atom is -0.377 e. The monoisotopic (exact) mass is 342 g/mol. The molecule has 0 aliphatic carbocycles. The Labute approximate surface area is 136 Å². The Morgan fingerprint density at radius 3 is 2.68 bits per heavy atom. The molecule has 1 aromatic heterocycles. The summed E-state index contributed by atoms with van der Waals surface area (Å²) < 4.78 is 32.2. The van der Waals surface area contributed by atoms with Crippen molar-refractivity contribution < 1.29 is 13.2 Å². The molecule has 3 rings (SSSR count). The van der Waals surface area contributed by atoms with E-state index < -0.39 is 10.0 Å². The highest BCUT2D eigenvalue weighted by atomic mass is 32.2. The van der Waals surface area contributed by atoms with Gasteiger partial charge in [0.05, 0.1) is 11.1 Å². The van der Waals surface area contributed by atoms with Gasteiger partial charge in [0.25, 0.3) is 0 Å². The van der Waals surface area contributed by atoms with Crippen LogP contribution in [0.3, 0.4) is 0 Å². The molecule has 0 saturated carbocycles. The van der Waals surface area contributed by atoms with Gasteiger partial charge in [-0.25, -0.2) is 13.4 Å². The van der Waals surface area contributed by atoms with Gasteiger partial charge in [0.1, 0.15) is 4.90 Å². The van der Waals surface area contributed by atoms with Crippen LogP contribution in [0.25, 0.3) is 0 Å². The predicted octanol–water partition coefficient (Wildman–Crippen LogP) is 2.53. The molecule has 5 nitrogen and oxygen atoms in total. The number of ether oxygens (including phenoxy) is 1. The molecule has 1 aromatic rings.